The molecule has 0 bridgehead atoms. The first kappa shape index (κ1) is 21.9. The maximum absolute atomic E-state index is 12.9. The normalized spacial score (nSPS) is 19.7. The SMILES string of the molecule is CC(CN)CNC(=O)c1cccc(S(=O)(=O)N2CCCCC2C)c1.Cl. The van der Waals surface area contributed by atoms with E-state index in [0.29, 0.717) is 25.2 Å². The number of carbonyl (C=O) groups excluding carboxylic acids is 1. The van der Waals surface area contributed by atoms with Gasteiger partial charge in [0, 0.05) is 24.7 Å². The summed E-state index contributed by atoms with van der Waals surface area (Å²) in [7, 11) is -3.57. The van der Waals surface area contributed by atoms with Gasteiger partial charge in [-0.05, 0) is 50.4 Å². The van der Waals surface area contributed by atoms with E-state index in [1.165, 1.54) is 6.07 Å². The monoisotopic (exact) mass is 389 g/mol. The number of benzene rings is 1. The van der Waals surface area contributed by atoms with E-state index in [-0.39, 0.29) is 35.2 Å². The van der Waals surface area contributed by atoms with E-state index in [9.17, 15) is 13.2 Å². The summed E-state index contributed by atoms with van der Waals surface area (Å²) in [5.41, 5.74) is 5.89. The van der Waals surface area contributed by atoms with Crippen molar-refractivity contribution in [3.05, 3.63) is 29.8 Å². The van der Waals surface area contributed by atoms with Gasteiger partial charge in [-0.2, -0.15) is 4.31 Å². The molecule has 1 heterocycles. The maximum atomic E-state index is 12.9. The van der Waals surface area contributed by atoms with Gasteiger partial charge in [0.25, 0.3) is 5.91 Å². The van der Waals surface area contributed by atoms with E-state index in [4.69, 9.17) is 5.73 Å². The number of hydrogen-bond donors (Lipinski definition) is 2. The first-order valence-electron chi connectivity index (χ1n) is 8.46. The van der Waals surface area contributed by atoms with E-state index in [0.717, 1.165) is 19.3 Å². The minimum Gasteiger partial charge on any atom is -0.352 e. The number of carbonyl (C=O) groups is 1. The molecular formula is C17H28ClN3O3S. The van der Waals surface area contributed by atoms with Crippen LogP contribution in [0, 0.1) is 5.92 Å². The summed E-state index contributed by atoms with van der Waals surface area (Å²) in [6.07, 6.45) is 2.80. The number of nitrogens with one attached hydrogen (secondary N) is 1. The van der Waals surface area contributed by atoms with Crippen molar-refractivity contribution in [3.8, 4) is 0 Å². The Morgan fingerprint density at radius 2 is 2.12 bits per heavy atom. The van der Waals surface area contributed by atoms with Gasteiger partial charge in [0.05, 0.1) is 4.90 Å². The Morgan fingerprint density at radius 3 is 2.76 bits per heavy atom. The van der Waals surface area contributed by atoms with Crippen molar-refractivity contribution in [1.29, 1.82) is 0 Å². The molecule has 6 nitrogen and oxygen atoms in total. The molecule has 142 valence electrons. The molecule has 25 heavy (non-hydrogen) atoms. The van der Waals surface area contributed by atoms with Crippen LogP contribution in [0.3, 0.4) is 0 Å². The van der Waals surface area contributed by atoms with Gasteiger partial charge in [-0.3, -0.25) is 4.79 Å². The van der Waals surface area contributed by atoms with Crippen molar-refractivity contribution in [2.24, 2.45) is 11.7 Å². The lowest BCUT2D eigenvalue weighted by Gasteiger charge is -2.32. The van der Waals surface area contributed by atoms with Gasteiger partial charge >= 0.3 is 0 Å². The van der Waals surface area contributed by atoms with Crippen LogP contribution in [0.4, 0.5) is 0 Å². The molecule has 2 atom stereocenters. The van der Waals surface area contributed by atoms with Gasteiger partial charge < -0.3 is 11.1 Å². The fourth-order valence-corrected chi connectivity index (χ4v) is 4.56. The Hall–Kier alpha value is -1.15. The third-order valence-electron chi connectivity index (χ3n) is 4.46. The standard InChI is InChI=1S/C17H27N3O3S.ClH/c1-13(11-18)12-19-17(21)15-7-5-8-16(10-15)24(22,23)20-9-4-3-6-14(20)2;/h5,7-8,10,13-14H,3-4,6,9,11-12,18H2,1-2H3,(H,19,21);1H. The van der Waals surface area contributed by atoms with Crippen molar-refractivity contribution in [1.82, 2.24) is 9.62 Å². The molecule has 1 aromatic carbocycles. The molecule has 8 heteroatoms. The highest BCUT2D eigenvalue weighted by Crippen LogP contribution is 2.25. The molecule has 0 radical (unpaired) electrons. The molecule has 1 aliphatic rings. The van der Waals surface area contributed by atoms with Gasteiger partial charge in [-0.1, -0.05) is 19.4 Å². The molecule has 1 saturated heterocycles. The van der Waals surface area contributed by atoms with Gasteiger partial charge in [0.15, 0.2) is 0 Å². The Kier molecular flexibility index (Phi) is 8.34. The molecular weight excluding hydrogens is 362 g/mol. The number of amides is 1. The predicted molar refractivity (Wildman–Crippen MR) is 101 cm³/mol. The summed E-state index contributed by atoms with van der Waals surface area (Å²) in [5, 5.41) is 2.79. The number of rotatable bonds is 6. The highest BCUT2D eigenvalue weighted by atomic mass is 35.5. The molecule has 1 aromatic rings. The average molecular weight is 390 g/mol. The van der Waals surface area contributed by atoms with Crippen LogP contribution >= 0.6 is 12.4 Å². The number of nitrogens with zero attached hydrogens (tertiary/aromatic N) is 1. The molecule has 3 N–H and O–H groups in total. The van der Waals surface area contributed by atoms with Crippen LogP contribution in [-0.4, -0.2) is 44.3 Å². The van der Waals surface area contributed by atoms with Crippen molar-refractivity contribution in [3.63, 3.8) is 0 Å². The van der Waals surface area contributed by atoms with Crippen LogP contribution in [0.25, 0.3) is 0 Å². The van der Waals surface area contributed by atoms with Gasteiger partial charge in [0.1, 0.15) is 0 Å². The third kappa shape index (κ3) is 5.41. The molecule has 0 aliphatic carbocycles. The second-order valence-electron chi connectivity index (χ2n) is 6.54. The zero-order chi connectivity index (χ0) is 17.7. The fourth-order valence-electron chi connectivity index (χ4n) is 2.81. The lowest BCUT2D eigenvalue weighted by Crippen LogP contribution is -2.42. The number of sulfonamides is 1. The largest absolute Gasteiger partial charge is 0.352 e. The minimum atomic E-state index is -3.57. The van der Waals surface area contributed by atoms with Crippen LogP contribution in [-0.2, 0) is 10.0 Å². The quantitative estimate of drug-likeness (QED) is 0.778. The summed E-state index contributed by atoms with van der Waals surface area (Å²) < 4.78 is 27.3. The molecule has 0 aromatic heterocycles. The predicted octanol–water partition coefficient (Wildman–Crippen LogP) is 2.00. The second kappa shape index (κ2) is 9.52. The number of nitrogens with two attached hydrogens (primary N) is 1. The number of hydrogen-bond acceptors (Lipinski definition) is 4. The molecule has 2 rings (SSSR count). The van der Waals surface area contributed by atoms with Crippen LogP contribution in [0.15, 0.2) is 29.2 Å². The van der Waals surface area contributed by atoms with E-state index in [2.05, 4.69) is 5.32 Å². The zero-order valence-corrected chi connectivity index (χ0v) is 16.4. The molecule has 1 amide bonds. The van der Waals surface area contributed by atoms with Crippen molar-refractivity contribution in [2.45, 2.75) is 44.0 Å². The lowest BCUT2D eigenvalue weighted by molar-refractivity contribution is 0.0948. The molecule has 2 unspecified atom stereocenters. The molecule has 1 fully saturated rings. The van der Waals surface area contributed by atoms with E-state index in [1.54, 1.807) is 22.5 Å². The summed E-state index contributed by atoms with van der Waals surface area (Å²) in [5.74, 6) is -0.103. The molecule has 0 saturated carbocycles. The lowest BCUT2D eigenvalue weighted by atomic mass is 10.1. The highest BCUT2D eigenvalue weighted by Gasteiger charge is 2.31. The Morgan fingerprint density at radius 1 is 1.40 bits per heavy atom. The van der Waals surface area contributed by atoms with Crippen LogP contribution in [0.1, 0.15) is 43.5 Å². The van der Waals surface area contributed by atoms with Crippen molar-refractivity contribution < 1.29 is 13.2 Å². The average Bonchev–Trinajstić information content (AvgIpc) is 2.59. The van der Waals surface area contributed by atoms with E-state index in [1.807, 2.05) is 13.8 Å². The molecule has 0 spiro atoms. The first-order valence-corrected chi connectivity index (χ1v) is 9.90. The highest BCUT2D eigenvalue weighted by molar-refractivity contribution is 7.89. The summed E-state index contributed by atoms with van der Waals surface area (Å²) in [6.45, 7) is 5.37. The first-order chi connectivity index (χ1) is 11.4. The van der Waals surface area contributed by atoms with Crippen LogP contribution in [0.5, 0.6) is 0 Å². The number of halogens is 1. The number of piperidine rings is 1. The summed E-state index contributed by atoms with van der Waals surface area (Å²) in [6, 6.07) is 6.24. The summed E-state index contributed by atoms with van der Waals surface area (Å²) >= 11 is 0. The van der Waals surface area contributed by atoms with Gasteiger partial charge in [0.2, 0.25) is 10.0 Å². The smallest absolute Gasteiger partial charge is 0.251 e. The van der Waals surface area contributed by atoms with Crippen LogP contribution in [0.2, 0.25) is 0 Å². The zero-order valence-electron chi connectivity index (χ0n) is 14.8. The second-order valence-corrected chi connectivity index (χ2v) is 8.43. The van der Waals surface area contributed by atoms with E-state index < -0.39 is 10.0 Å². The van der Waals surface area contributed by atoms with Crippen LogP contribution < -0.4 is 11.1 Å². The van der Waals surface area contributed by atoms with E-state index >= 15 is 0 Å². The minimum absolute atomic E-state index is 0. The maximum Gasteiger partial charge on any atom is 0.251 e. The summed E-state index contributed by atoms with van der Waals surface area (Å²) in [4.78, 5) is 12.4. The topological polar surface area (TPSA) is 92.5 Å². The Balaban J connectivity index is 0.00000312. The van der Waals surface area contributed by atoms with Crippen molar-refractivity contribution in [2.75, 3.05) is 19.6 Å². The Labute approximate surface area is 156 Å². The van der Waals surface area contributed by atoms with Gasteiger partial charge in [-0.25, -0.2) is 8.42 Å². The third-order valence-corrected chi connectivity index (χ3v) is 6.47. The Bertz CT molecular complexity index is 681. The van der Waals surface area contributed by atoms with Crippen molar-refractivity contribution >= 4 is 28.3 Å². The fraction of sp³-hybridized carbons (Fsp3) is 0.588. The van der Waals surface area contributed by atoms with Gasteiger partial charge in [-0.15, -0.1) is 12.4 Å². The molecule has 1 aliphatic heterocycles.